The van der Waals surface area contributed by atoms with Gasteiger partial charge in [0.25, 0.3) is 0 Å². The first-order valence-electron chi connectivity index (χ1n) is 5.29. The van der Waals surface area contributed by atoms with Crippen LogP contribution in [0, 0.1) is 0 Å². The molecular formula is C10H20N2OS. The predicted octanol–water partition coefficient (Wildman–Crippen LogP) is 1.08. The molecule has 1 atom stereocenters. The molecule has 3 nitrogen and oxygen atoms in total. The third-order valence-corrected chi connectivity index (χ3v) is 3.27. The molecular weight excluding hydrogens is 196 g/mol. The highest BCUT2D eigenvalue weighted by atomic mass is 32.2. The van der Waals surface area contributed by atoms with Crippen LogP contribution in [0.4, 0.5) is 0 Å². The number of likely N-dealkylation sites (tertiary alicyclic amines) is 1. The molecule has 0 bridgehead atoms. The first-order valence-corrected chi connectivity index (χ1v) is 6.68. The molecule has 1 heterocycles. The molecule has 0 aliphatic carbocycles. The van der Waals surface area contributed by atoms with E-state index in [2.05, 4.69) is 6.26 Å². The van der Waals surface area contributed by atoms with Crippen molar-refractivity contribution in [1.82, 2.24) is 4.90 Å². The Kier molecular flexibility index (Phi) is 5.33. The van der Waals surface area contributed by atoms with Crippen molar-refractivity contribution in [3.63, 3.8) is 0 Å². The van der Waals surface area contributed by atoms with E-state index in [1.165, 1.54) is 25.0 Å². The van der Waals surface area contributed by atoms with Crippen molar-refractivity contribution >= 4 is 17.7 Å². The third kappa shape index (κ3) is 3.50. The van der Waals surface area contributed by atoms with Crippen LogP contribution in [0.1, 0.15) is 25.7 Å². The Balaban J connectivity index is 1.87. The van der Waals surface area contributed by atoms with Crippen LogP contribution in [-0.4, -0.2) is 41.9 Å². The molecule has 1 aliphatic rings. The number of hydrogen-bond acceptors (Lipinski definition) is 3. The van der Waals surface area contributed by atoms with Crippen molar-refractivity contribution in [3.05, 3.63) is 0 Å². The topological polar surface area (TPSA) is 46.3 Å². The van der Waals surface area contributed by atoms with Gasteiger partial charge in [0.15, 0.2) is 0 Å². The summed E-state index contributed by atoms with van der Waals surface area (Å²) in [6, 6.07) is -0.202. The highest BCUT2D eigenvalue weighted by Gasteiger charge is 2.32. The first kappa shape index (κ1) is 11.9. The molecule has 0 aromatic carbocycles. The molecule has 0 aromatic rings. The van der Waals surface area contributed by atoms with Crippen LogP contribution in [0.25, 0.3) is 0 Å². The molecule has 1 unspecified atom stereocenters. The Morgan fingerprint density at radius 2 is 2.14 bits per heavy atom. The van der Waals surface area contributed by atoms with Crippen molar-refractivity contribution in [2.75, 3.05) is 25.1 Å². The number of carbonyl (C=O) groups is 1. The summed E-state index contributed by atoms with van der Waals surface area (Å²) in [5.74, 6) is 1.39. The SMILES string of the molecule is CSCCCCCCN1CC(N)C1=O. The lowest BCUT2D eigenvalue weighted by atomic mass is 10.1. The Labute approximate surface area is 90.4 Å². The number of thioether (sulfide) groups is 1. The number of carbonyl (C=O) groups excluding carboxylic acids is 1. The van der Waals surface area contributed by atoms with E-state index in [9.17, 15) is 4.79 Å². The zero-order valence-corrected chi connectivity index (χ0v) is 9.68. The smallest absolute Gasteiger partial charge is 0.241 e. The molecule has 0 radical (unpaired) electrons. The maximum Gasteiger partial charge on any atom is 0.241 e. The molecule has 82 valence electrons. The van der Waals surface area contributed by atoms with Crippen LogP contribution in [0.2, 0.25) is 0 Å². The monoisotopic (exact) mass is 216 g/mol. The number of hydrogen-bond donors (Lipinski definition) is 1. The fourth-order valence-corrected chi connectivity index (χ4v) is 2.12. The molecule has 1 fully saturated rings. The highest BCUT2D eigenvalue weighted by molar-refractivity contribution is 7.98. The van der Waals surface area contributed by atoms with Crippen molar-refractivity contribution in [2.24, 2.45) is 5.73 Å². The zero-order valence-electron chi connectivity index (χ0n) is 8.87. The summed E-state index contributed by atoms with van der Waals surface area (Å²) in [6.45, 7) is 1.68. The number of nitrogens with zero attached hydrogens (tertiary/aromatic N) is 1. The highest BCUT2D eigenvalue weighted by Crippen LogP contribution is 2.11. The summed E-state index contributed by atoms with van der Waals surface area (Å²) in [6.07, 6.45) is 7.09. The quantitative estimate of drug-likeness (QED) is 0.511. The van der Waals surface area contributed by atoms with Crippen molar-refractivity contribution in [2.45, 2.75) is 31.7 Å². The fourth-order valence-electron chi connectivity index (χ4n) is 1.63. The summed E-state index contributed by atoms with van der Waals surface area (Å²) in [4.78, 5) is 13.0. The van der Waals surface area contributed by atoms with Gasteiger partial charge in [0, 0.05) is 13.1 Å². The second kappa shape index (κ2) is 6.30. The summed E-state index contributed by atoms with van der Waals surface area (Å²) >= 11 is 1.90. The van der Waals surface area contributed by atoms with E-state index in [1.807, 2.05) is 16.7 Å². The van der Waals surface area contributed by atoms with Crippen LogP contribution in [0.5, 0.6) is 0 Å². The van der Waals surface area contributed by atoms with Gasteiger partial charge in [-0.3, -0.25) is 4.79 Å². The molecule has 1 saturated heterocycles. The van der Waals surface area contributed by atoms with Gasteiger partial charge in [0.1, 0.15) is 6.04 Å². The van der Waals surface area contributed by atoms with Crippen LogP contribution in [0.15, 0.2) is 0 Å². The Morgan fingerprint density at radius 1 is 1.43 bits per heavy atom. The lowest BCUT2D eigenvalue weighted by Gasteiger charge is -2.36. The Bertz CT molecular complexity index is 187. The van der Waals surface area contributed by atoms with Gasteiger partial charge in [-0.1, -0.05) is 12.8 Å². The number of unbranched alkanes of at least 4 members (excludes halogenated alkanes) is 3. The van der Waals surface area contributed by atoms with Gasteiger partial charge in [0.05, 0.1) is 0 Å². The van der Waals surface area contributed by atoms with Gasteiger partial charge in [-0.25, -0.2) is 0 Å². The van der Waals surface area contributed by atoms with E-state index in [0.717, 1.165) is 19.5 Å². The van der Waals surface area contributed by atoms with Crippen LogP contribution in [0.3, 0.4) is 0 Å². The van der Waals surface area contributed by atoms with Crippen LogP contribution in [-0.2, 0) is 4.79 Å². The van der Waals surface area contributed by atoms with E-state index in [4.69, 9.17) is 5.73 Å². The second-order valence-corrected chi connectivity index (χ2v) is 4.78. The molecule has 0 spiro atoms. The van der Waals surface area contributed by atoms with E-state index in [-0.39, 0.29) is 11.9 Å². The largest absolute Gasteiger partial charge is 0.339 e. The van der Waals surface area contributed by atoms with E-state index < -0.39 is 0 Å². The van der Waals surface area contributed by atoms with E-state index >= 15 is 0 Å². The predicted molar refractivity (Wildman–Crippen MR) is 61.4 cm³/mol. The number of rotatable bonds is 7. The van der Waals surface area contributed by atoms with Crippen molar-refractivity contribution in [3.8, 4) is 0 Å². The van der Waals surface area contributed by atoms with Crippen LogP contribution < -0.4 is 5.73 Å². The van der Waals surface area contributed by atoms with Crippen molar-refractivity contribution < 1.29 is 4.79 Å². The molecule has 2 N–H and O–H groups in total. The third-order valence-electron chi connectivity index (χ3n) is 2.57. The molecule has 4 heteroatoms. The molecule has 1 amide bonds. The lowest BCUT2D eigenvalue weighted by molar-refractivity contribution is -0.142. The van der Waals surface area contributed by atoms with Gasteiger partial charge in [-0.15, -0.1) is 0 Å². The second-order valence-electron chi connectivity index (χ2n) is 3.80. The summed E-state index contributed by atoms with van der Waals surface area (Å²) in [7, 11) is 0. The van der Waals surface area contributed by atoms with Gasteiger partial charge >= 0.3 is 0 Å². The minimum absolute atomic E-state index is 0.133. The van der Waals surface area contributed by atoms with Gasteiger partial charge in [-0.05, 0) is 24.9 Å². The maximum atomic E-state index is 11.1. The summed E-state index contributed by atoms with van der Waals surface area (Å²) in [5, 5.41) is 0. The maximum absolute atomic E-state index is 11.1. The first-order chi connectivity index (χ1) is 6.75. The summed E-state index contributed by atoms with van der Waals surface area (Å²) in [5.41, 5.74) is 5.49. The molecule has 14 heavy (non-hydrogen) atoms. The summed E-state index contributed by atoms with van der Waals surface area (Å²) < 4.78 is 0. The molecule has 1 rings (SSSR count). The fraction of sp³-hybridized carbons (Fsp3) is 0.900. The van der Waals surface area contributed by atoms with E-state index in [0.29, 0.717) is 0 Å². The van der Waals surface area contributed by atoms with Crippen molar-refractivity contribution in [1.29, 1.82) is 0 Å². The Hall–Kier alpha value is -0.220. The van der Waals surface area contributed by atoms with Gasteiger partial charge in [-0.2, -0.15) is 11.8 Å². The number of nitrogens with two attached hydrogens (primary N) is 1. The zero-order chi connectivity index (χ0) is 10.4. The van der Waals surface area contributed by atoms with Crippen LogP contribution >= 0.6 is 11.8 Å². The normalized spacial score (nSPS) is 21.1. The van der Waals surface area contributed by atoms with E-state index in [1.54, 1.807) is 0 Å². The minimum atomic E-state index is -0.202. The standard InChI is InChI=1S/C10H20N2OS/c1-14-7-5-3-2-4-6-12-8-9(11)10(12)13/h9H,2-8,11H2,1H3. The molecule has 0 saturated carbocycles. The minimum Gasteiger partial charge on any atom is -0.339 e. The average molecular weight is 216 g/mol. The number of amides is 1. The lowest BCUT2D eigenvalue weighted by Crippen LogP contribution is -2.60. The van der Waals surface area contributed by atoms with Gasteiger partial charge in [0.2, 0.25) is 5.91 Å². The van der Waals surface area contributed by atoms with Gasteiger partial charge < -0.3 is 10.6 Å². The molecule has 1 aliphatic heterocycles. The number of β-lactam (4-membered cyclic amide) rings is 1. The average Bonchev–Trinajstić information content (AvgIpc) is 2.21. The Morgan fingerprint density at radius 3 is 2.71 bits per heavy atom. The molecule has 0 aromatic heterocycles.